The number of hydrogen-bond donors (Lipinski definition) is 1. The molecule has 0 bridgehead atoms. The molecule has 2 aliphatic rings. The largest absolute Gasteiger partial charge is 0.491 e. The van der Waals surface area contributed by atoms with E-state index in [1.54, 1.807) is 12.5 Å². The predicted octanol–water partition coefficient (Wildman–Crippen LogP) is 5.64. The summed E-state index contributed by atoms with van der Waals surface area (Å²) in [6.45, 7) is 7.75. The molecule has 2 aromatic heterocycles. The van der Waals surface area contributed by atoms with Gasteiger partial charge in [-0.05, 0) is 101 Å². The first-order valence-corrected chi connectivity index (χ1v) is 14.4. The molecule has 0 saturated carbocycles. The molecule has 2 saturated heterocycles. The number of nitrogens with one attached hydrogen (secondary N) is 1. The maximum atomic E-state index is 13.0. The van der Waals surface area contributed by atoms with Crippen molar-refractivity contribution in [2.24, 2.45) is 0 Å². The first-order chi connectivity index (χ1) is 20.0. The van der Waals surface area contributed by atoms with Gasteiger partial charge in [0, 0.05) is 17.9 Å². The van der Waals surface area contributed by atoms with Crippen molar-refractivity contribution in [3.05, 3.63) is 72.3 Å². The van der Waals surface area contributed by atoms with Gasteiger partial charge in [0.1, 0.15) is 36.0 Å². The molecule has 4 aromatic rings. The highest BCUT2D eigenvalue weighted by atomic mass is 16.5. The van der Waals surface area contributed by atoms with E-state index in [9.17, 15) is 4.79 Å². The quantitative estimate of drug-likeness (QED) is 0.285. The van der Waals surface area contributed by atoms with Gasteiger partial charge in [-0.1, -0.05) is 6.07 Å². The average molecular weight is 553 g/mol. The van der Waals surface area contributed by atoms with Gasteiger partial charge in [-0.3, -0.25) is 14.7 Å². The minimum absolute atomic E-state index is 0.0697. The van der Waals surface area contributed by atoms with Gasteiger partial charge in [-0.25, -0.2) is 9.97 Å². The highest BCUT2D eigenvalue weighted by Crippen LogP contribution is 2.34. The summed E-state index contributed by atoms with van der Waals surface area (Å²) in [6, 6.07) is 15.7. The number of anilines is 2. The van der Waals surface area contributed by atoms with Crippen LogP contribution in [0, 0.1) is 13.8 Å². The summed E-state index contributed by atoms with van der Waals surface area (Å²) in [5.74, 6) is 3.03. The van der Waals surface area contributed by atoms with Crippen LogP contribution in [0.25, 0.3) is 10.9 Å². The van der Waals surface area contributed by atoms with Gasteiger partial charge in [-0.2, -0.15) is 0 Å². The number of fused-ring (bicyclic) bond motifs is 1. The second-order valence-electron chi connectivity index (χ2n) is 10.9. The van der Waals surface area contributed by atoms with E-state index < -0.39 is 0 Å². The van der Waals surface area contributed by atoms with Crippen molar-refractivity contribution in [3.8, 4) is 17.2 Å². The van der Waals surface area contributed by atoms with Gasteiger partial charge >= 0.3 is 0 Å². The first kappa shape index (κ1) is 27.0. The second-order valence-corrected chi connectivity index (χ2v) is 10.9. The number of likely N-dealkylation sites (tertiary alicyclic amines) is 2. The van der Waals surface area contributed by atoms with E-state index in [2.05, 4.69) is 25.2 Å². The molecule has 4 heterocycles. The van der Waals surface area contributed by atoms with Gasteiger partial charge in [-0.15, -0.1) is 0 Å². The Morgan fingerprint density at radius 1 is 0.976 bits per heavy atom. The molecule has 2 aromatic carbocycles. The molecule has 1 amide bonds. The summed E-state index contributed by atoms with van der Waals surface area (Å²) in [6.07, 6.45) is 7.60. The molecular formula is C32H36N6O3. The zero-order valence-corrected chi connectivity index (χ0v) is 23.7. The lowest BCUT2D eigenvalue weighted by Gasteiger charge is -2.27. The number of rotatable bonds is 9. The van der Waals surface area contributed by atoms with Crippen LogP contribution < -0.4 is 14.8 Å². The number of pyridine rings is 1. The van der Waals surface area contributed by atoms with Crippen molar-refractivity contribution < 1.29 is 14.3 Å². The zero-order valence-electron chi connectivity index (χ0n) is 23.7. The molecule has 6 rings (SSSR count). The van der Waals surface area contributed by atoms with E-state index in [0.717, 1.165) is 66.1 Å². The lowest BCUT2D eigenvalue weighted by molar-refractivity contribution is -0.133. The molecular weight excluding hydrogens is 516 g/mol. The molecule has 1 atom stereocenters. The van der Waals surface area contributed by atoms with Crippen LogP contribution in [-0.4, -0.2) is 69.5 Å². The molecule has 0 aliphatic carbocycles. The monoisotopic (exact) mass is 552 g/mol. The minimum atomic E-state index is 0.0697. The van der Waals surface area contributed by atoms with Crippen LogP contribution in [0.15, 0.2) is 61.1 Å². The smallest absolute Gasteiger partial charge is 0.237 e. The summed E-state index contributed by atoms with van der Waals surface area (Å²) < 4.78 is 12.4. The molecule has 9 heteroatoms. The van der Waals surface area contributed by atoms with Crippen molar-refractivity contribution in [1.82, 2.24) is 24.8 Å². The van der Waals surface area contributed by atoms with E-state index in [-0.39, 0.29) is 11.9 Å². The molecule has 41 heavy (non-hydrogen) atoms. The summed E-state index contributed by atoms with van der Waals surface area (Å²) in [4.78, 5) is 30.7. The number of benzene rings is 2. The zero-order chi connectivity index (χ0) is 28.2. The second kappa shape index (κ2) is 12.1. The number of carbonyl (C=O) groups excluding carboxylic acids is 1. The lowest BCUT2D eigenvalue weighted by Crippen LogP contribution is -2.44. The SMILES string of the molecule is Cc1ccc(Oc2ccc(Nc3ncnc4cccc(OC[C@H]5CCCN5C(=O)CN5CCCC5)c34)cc2C)cn1. The van der Waals surface area contributed by atoms with E-state index in [0.29, 0.717) is 30.5 Å². The van der Waals surface area contributed by atoms with E-state index >= 15 is 0 Å². The van der Waals surface area contributed by atoms with Crippen molar-refractivity contribution in [3.63, 3.8) is 0 Å². The highest BCUT2D eigenvalue weighted by molar-refractivity contribution is 5.95. The number of ether oxygens (including phenoxy) is 2. The van der Waals surface area contributed by atoms with Gasteiger partial charge in [0.15, 0.2) is 0 Å². The standard InChI is InChI=1S/C32H36N6O3/c1-22-17-24(11-13-28(22)41-26-12-10-23(2)33-18-26)36-32-31-27(34-21-35-32)8-5-9-29(31)40-20-25-7-6-16-38(25)30(39)19-37-14-3-4-15-37/h5,8-13,17-18,21,25H,3-4,6-7,14-16,19-20H2,1-2H3,(H,34,35,36)/t25-/m1/s1. The van der Waals surface area contributed by atoms with Gasteiger partial charge in [0.05, 0.1) is 29.7 Å². The Balaban J connectivity index is 1.17. The fourth-order valence-corrected chi connectivity index (χ4v) is 5.66. The molecule has 0 unspecified atom stereocenters. The van der Waals surface area contributed by atoms with Crippen molar-refractivity contribution >= 4 is 28.3 Å². The fraction of sp³-hybridized carbons (Fsp3) is 0.375. The van der Waals surface area contributed by atoms with Crippen LogP contribution in [0.5, 0.6) is 17.2 Å². The summed E-state index contributed by atoms with van der Waals surface area (Å²) >= 11 is 0. The number of nitrogens with zero attached hydrogens (tertiary/aromatic N) is 5. The Morgan fingerprint density at radius 2 is 1.85 bits per heavy atom. The van der Waals surface area contributed by atoms with E-state index in [4.69, 9.17) is 9.47 Å². The van der Waals surface area contributed by atoms with E-state index in [1.807, 2.05) is 67.3 Å². The van der Waals surface area contributed by atoms with Crippen LogP contribution in [-0.2, 0) is 4.79 Å². The normalized spacial score (nSPS) is 17.2. The minimum Gasteiger partial charge on any atom is -0.491 e. The van der Waals surface area contributed by atoms with Crippen LogP contribution in [0.2, 0.25) is 0 Å². The Bertz CT molecular complexity index is 1510. The number of aromatic nitrogens is 3. The number of aryl methyl sites for hydroxylation is 2. The maximum absolute atomic E-state index is 13.0. The van der Waals surface area contributed by atoms with Crippen molar-refractivity contribution in [2.75, 3.05) is 38.1 Å². The molecule has 212 valence electrons. The Morgan fingerprint density at radius 3 is 2.66 bits per heavy atom. The van der Waals surface area contributed by atoms with Crippen LogP contribution >= 0.6 is 0 Å². The number of amides is 1. The number of carbonyl (C=O) groups is 1. The van der Waals surface area contributed by atoms with Crippen LogP contribution in [0.4, 0.5) is 11.5 Å². The maximum Gasteiger partial charge on any atom is 0.237 e. The lowest BCUT2D eigenvalue weighted by atomic mass is 10.1. The van der Waals surface area contributed by atoms with Crippen LogP contribution in [0.1, 0.15) is 36.9 Å². The number of hydrogen-bond acceptors (Lipinski definition) is 8. The summed E-state index contributed by atoms with van der Waals surface area (Å²) in [5.41, 5.74) is 3.59. The average Bonchev–Trinajstić information content (AvgIpc) is 3.67. The molecule has 2 aliphatic heterocycles. The van der Waals surface area contributed by atoms with Gasteiger partial charge < -0.3 is 19.7 Å². The van der Waals surface area contributed by atoms with E-state index in [1.165, 1.54) is 12.8 Å². The molecule has 0 spiro atoms. The molecule has 1 N–H and O–H groups in total. The molecule has 0 radical (unpaired) electrons. The fourth-order valence-electron chi connectivity index (χ4n) is 5.66. The predicted molar refractivity (Wildman–Crippen MR) is 159 cm³/mol. The highest BCUT2D eigenvalue weighted by Gasteiger charge is 2.30. The van der Waals surface area contributed by atoms with Gasteiger partial charge in [0.2, 0.25) is 5.91 Å². The molecule has 9 nitrogen and oxygen atoms in total. The summed E-state index contributed by atoms with van der Waals surface area (Å²) in [7, 11) is 0. The van der Waals surface area contributed by atoms with Gasteiger partial charge in [0.25, 0.3) is 0 Å². The Labute approximate surface area is 240 Å². The summed E-state index contributed by atoms with van der Waals surface area (Å²) in [5, 5.41) is 4.26. The van der Waals surface area contributed by atoms with Crippen LogP contribution in [0.3, 0.4) is 0 Å². The third-order valence-electron chi connectivity index (χ3n) is 7.86. The van der Waals surface area contributed by atoms with Crippen molar-refractivity contribution in [1.29, 1.82) is 0 Å². The van der Waals surface area contributed by atoms with Crippen molar-refractivity contribution in [2.45, 2.75) is 45.6 Å². The first-order valence-electron chi connectivity index (χ1n) is 14.4. The third-order valence-corrected chi connectivity index (χ3v) is 7.86. The molecule has 2 fully saturated rings. The Kier molecular flexibility index (Phi) is 7.95. The third kappa shape index (κ3) is 6.25. The topological polar surface area (TPSA) is 92.7 Å². The Hall–Kier alpha value is -4.24.